The van der Waals surface area contributed by atoms with Crippen molar-refractivity contribution >= 4 is 5.97 Å². The number of rotatable bonds is 5. The molecule has 1 aromatic heterocycles. The molecule has 0 bridgehead atoms. The Bertz CT molecular complexity index is 1130. The van der Waals surface area contributed by atoms with Crippen LogP contribution in [-0.4, -0.2) is 21.9 Å². The third-order valence-electron chi connectivity index (χ3n) is 4.22. The molecule has 0 amide bonds. The standard InChI is InChI=1S/C20H15F5N2O3/c1-2-30-19(29)15-11-26(10-12-3-5-13(6-4-12)20(23,24)25)27(18(15)28)17-8-7-14(21)9-16(17)22/h3-9,11H,2,10H2,1H3. The van der Waals surface area contributed by atoms with Gasteiger partial charge in [-0.15, -0.1) is 0 Å². The van der Waals surface area contributed by atoms with Gasteiger partial charge in [-0.2, -0.15) is 13.2 Å². The normalized spacial score (nSPS) is 11.5. The molecule has 0 saturated heterocycles. The minimum atomic E-state index is -4.51. The fraction of sp³-hybridized carbons (Fsp3) is 0.200. The van der Waals surface area contributed by atoms with Crippen molar-refractivity contribution in [2.75, 3.05) is 6.61 Å². The van der Waals surface area contributed by atoms with Gasteiger partial charge in [0.15, 0.2) is 5.82 Å². The number of alkyl halides is 3. The summed E-state index contributed by atoms with van der Waals surface area (Å²) in [6, 6.07) is 6.65. The summed E-state index contributed by atoms with van der Waals surface area (Å²) in [5, 5.41) is 0. The lowest BCUT2D eigenvalue weighted by molar-refractivity contribution is -0.137. The lowest BCUT2D eigenvalue weighted by Crippen LogP contribution is -2.25. The summed E-state index contributed by atoms with van der Waals surface area (Å²) in [5.74, 6) is -2.86. The SMILES string of the molecule is CCOC(=O)c1cn(Cc2ccc(C(F)(F)F)cc2)n(-c2ccc(F)cc2F)c1=O. The Labute approximate surface area is 166 Å². The minimum absolute atomic E-state index is 0.00668. The number of hydrogen-bond donors (Lipinski definition) is 0. The lowest BCUT2D eigenvalue weighted by atomic mass is 10.1. The first-order chi connectivity index (χ1) is 14.1. The van der Waals surface area contributed by atoms with Gasteiger partial charge in [-0.3, -0.25) is 9.48 Å². The molecule has 3 rings (SSSR count). The van der Waals surface area contributed by atoms with Gasteiger partial charge in [-0.1, -0.05) is 12.1 Å². The van der Waals surface area contributed by atoms with Crippen molar-refractivity contribution in [1.82, 2.24) is 9.36 Å². The van der Waals surface area contributed by atoms with E-state index in [0.29, 0.717) is 11.6 Å². The Hall–Kier alpha value is -3.43. The molecule has 158 valence electrons. The zero-order valence-corrected chi connectivity index (χ0v) is 15.5. The van der Waals surface area contributed by atoms with Gasteiger partial charge in [-0.05, 0) is 36.8 Å². The molecule has 0 aliphatic rings. The molecular formula is C20H15F5N2O3. The highest BCUT2D eigenvalue weighted by atomic mass is 19.4. The molecule has 0 spiro atoms. The van der Waals surface area contributed by atoms with Crippen molar-refractivity contribution < 1.29 is 31.5 Å². The molecule has 10 heteroatoms. The van der Waals surface area contributed by atoms with Gasteiger partial charge in [0, 0.05) is 12.3 Å². The number of benzene rings is 2. The van der Waals surface area contributed by atoms with E-state index >= 15 is 0 Å². The minimum Gasteiger partial charge on any atom is -0.462 e. The first-order valence-corrected chi connectivity index (χ1v) is 8.73. The van der Waals surface area contributed by atoms with E-state index < -0.39 is 40.5 Å². The number of aromatic nitrogens is 2. The highest BCUT2D eigenvalue weighted by molar-refractivity contribution is 5.88. The first-order valence-electron chi connectivity index (χ1n) is 8.73. The van der Waals surface area contributed by atoms with Crippen LogP contribution >= 0.6 is 0 Å². The topological polar surface area (TPSA) is 53.2 Å². The van der Waals surface area contributed by atoms with Gasteiger partial charge in [0.05, 0.1) is 18.7 Å². The summed E-state index contributed by atoms with van der Waals surface area (Å²) in [7, 11) is 0. The molecule has 0 aliphatic carbocycles. The molecular weight excluding hydrogens is 411 g/mol. The van der Waals surface area contributed by atoms with Gasteiger partial charge in [0.25, 0.3) is 5.56 Å². The maximum atomic E-state index is 14.3. The Kier molecular flexibility index (Phi) is 5.77. The zero-order chi connectivity index (χ0) is 22.1. The van der Waals surface area contributed by atoms with E-state index in [-0.39, 0.29) is 18.8 Å². The Morgan fingerprint density at radius 3 is 2.30 bits per heavy atom. The highest BCUT2D eigenvalue weighted by Gasteiger charge is 2.30. The molecule has 0 unspecified atom stereocenters. The van der Waals surface area contributed by atoms with Crippen molar-refractivity contribution in [3.8, 4) is 5.69 Å². The van der Waals surface area contributed by atoms with E-state index in [2.05, 4.69) is 0 Å². The predicted molar refractivity (Wildman–Crippen MR) is 96.4 cm³/mol. The first kappa shape index (κ1) is 21.3. The van der Waals surface area contributed by atoms with Crippen LogP contribution in [-0.2, 0) is 17.5 Å². The molecule has 5 nitrogen and oxygen atoms in total. The Morgan fingerprint density at radius 1 is 1.07 bits per heavy atom. The maximum absolute atomic E-state index is 14.3. The van der Waals surface area contributed by atoms with Crippen LogP contribution in [0.3, 0.4) is 0 Å². The maximum Gasteiger partial charge on any atom is 0.416 e. The molecule has 0 radical (unpaired) electrons. The largest absolute Gasteiger partial charge is 0.462 e. The summed E-state index contributed by atoms with van der Waals surface area (Å²) in [5.41, 5.74) is -2.14. The number of esters is 1. The fourth-order valence-electron chi connectivity index (χ4n) is 2.84. The van der Waals surface area contributed by atoms with Crippen molar-refractivity contribution in [2.45, 2.75) is 19.6 Å². The smallest absolute Gasteiger partial charge is 0.416 e. The summed E-state index contributed by atoms with van der Waals surface area (Å²) in [4.78, 5) is 24.8. The Morgan fingerprint density at radius 2 is 1.73 bits per heavy atom. The van der Waals surface area contributed by atoms with Crippen LogP contribution < -0.4 is 5.56 Å². The molecule has 1 heterocycles. The van der Waals surface area contributed by atoms with E-state index in [1.165, 1.54) is 19.1 Å². The highest BCUT2D eigenvalue weighted by Crippen LogP contribution is 2.29. The number of hydrogen-bond acceptors (Lipinski definition) is 3. The lowest BCUT2D eigenvalue weighted by Gasteiger charge is -2.13. The molecule has 0 aliphatic heterocycles. The summed E-state index contributed by atoms with van der Waals surface area (Å²) >= 11 is 0. The molecule has 0 fully saturated rings. The van der Waals surface area contributed by atoms with E-state index in [1.54, 1.807) is 0 Å². The summed E-state index contributed by atoms with van der Waals surface area (Å²) < 4.78 is 72.6. The van der Waals surface area contributed by atoms with E-state index in [9.17, 15) is 31.5 Å². The second kappa shape index (κ2) is 8.13. The van der Waals surface area contributed by atoms with Gasteiger partial charge < -0.3 is 4.74 Å². The van der Waals surface area contributed by atoms with Crippen LogP contribution in [0, 0.1) is 11.6 Å². The number of carbonyl (C=O) groups excluding carboxylic acids is 1. The van der Waals surface area contributed by atoms with E-state index in [0.717, 1.165) is 39.8 Å². The molecule has 0 saturated carbocycles. The number of carbonyl (C=O) groups is 1. The third-order valence-corrected chi connectivity index (χ3v) is 4.22. The fourth-order valence-corrected chi connectivity index (χ4v) is 2.84. The molecule has 0 atom stereocenters. The van der Waals surface area contributed by atoms with Crippen molar-refractivity contribution in [1.29, 1.82) is 0 Å². The number of halogens is 5. The van der Waals surface area contributed by atoms with Crippen molar-refractivity contribution in [3.05, 3.63) is 87.3 Å². The van der Waals surface area contributed by atoms with Crippen LogP contribution in [0.2, 0.25) is 0 Å². The van der Waals surface area contributed by atoms with Crippen LogP contribution in [0.5, 0.6) is 0 Å². The molecule has 0 N–H and O–H groups in total. The zero-order valence-electron chi connectivity index (χ0n) is 15.5. The predicted octanol–water partition coefficient (Wildman–Crippen LogP) is 4.16. The number of nitrogens with zero attached hydrogens (tertiary/aromatic N) is 2. The average molecular weight is 426 g/mol. The van der Waals surface area contributed by atoms with Gasteiger partial charge >= 0.3 is 12.1 Å². The van der Waals surface area contributed by atoms with Crippen molar-refractivity contribution in [3.63, 3.8) is 0 Å². The van der Waals surface area contributed by atoms with Crippen LogP contribution in [0.4, 0.5) is 22.0 Å². The van der Waals surface area contributed by atoms with Crippen molar-refractivity contribution in [2.24, 2.45) is 0 Å². The monoisotopic (exact) mass is 426 g/mol. The van der Waals surface area contributed by atoms with Crippen LogP contribution in [0.1, 0.15) is 28.4 Å². The molecule has 3 aromatic rings. The second-order valence-corrected chi connectivity index (χ2v) is 6.27. The molecule has 30 heavy (non-hydrogen) atoms. The second-order valence-electron chi connectivity index (χ2n) is 6.27. The van der Waals surface area contributed by atoms with Gasteiger partial charge in [0.1, 0.15) is 17.1 Å². The summed E-state index contributed by atoms with van der Waals surface area (Å²) in [6.45, 7) is 1.37. The Balaban J connectivity index is 2.09. The molecule has 2 aromatic carbocycles. The van der Waals surface area contributed by atoms with Gasteiger partial charge in [0.2, 0.25) is 0 Å². The summed E-state index contributed by atoms with van der Waals surface area (Å²) in [6.07, 6.45) is -3.40. The van der Waals surface area contributed by atoms with E-state index in [1.807, 2.05) is 0 Å². The van der Waals surface area contributed by atoms with E-state index in [4.69, 9.17) is 4.74 Å². The van der Waals surface area contributed by atoms with Crippen LogP contribution in [0.25, 0.3) is 5.69 Å². The van der Waals surface area contributed by atoms with Crippen LogP contribution in [0.15, 0.2) is 53.5 Å². The third kappa shape index (κ3) is 4.27. The average Bonchev–Trinajstić information content (AvgIpc) is 2.98. The van der Waals surface area contributed by atoms with Gasteiger partial charge in [-0.25, -0.2) is 18.3 Å². The number of ether oxygens (including phenoxy) is 1. The quantitative estimate of drug-likeness (QED) is 0.455.